The van der Waals surface area contributed by atoms with Crippen LogP contribution in [-0.2, 0) is 0 Å². The van der Waals surface area contributed by atoms with Gasteiger partial charge in [0.1, 0.15) is 0 Å². The molecule has 0 aliphatic carbocycles. The van der Waals surface area contributed by atoms with Crippen molar-refractivity contribution in [3.8, 4) is 11.5 Å². The maximum absolute atomic E-state index is 6.26. The number of unbranched alkanes of at least 4 members (excludes halogenated alkanes) is 1. The first-order chi connectivity index (χ1) is 9.58. The quantitative estimate of drug-likeness (QED) is 0.801. The average molecular weight is 301 g/mol. The summed E-state index contributed by atoms with van der Waals surface area (Å²) in [5, 5.41) is 0.546. The minimum atomic E-state index is 0.124. The second kappa shape index (κ2) is 8.35. The summed E-state index contributed by atoms with van der Waals surface area (Å²) in [4.78, 5) is 2.25. The molecule has 1 unspecified atom stereocenters. The van der Waals surface area contributed by atoms with Crippen molar-refractivity contribution in [1.82, 2.24) is 4.90 Å². The molecule has 1 aromatic carbocycles. The number of methoxy groups -OCH3 is 2. The third-order valence-electron chi connectivity index (χ3n) is 3.46. The number of hydrogen-bond acceptors (Lipinski definition) is 4. The number of likely N-dealkylation sites (N-methyl/N-ethyl adjacent to an activating group) is 1. The minimum Gasteiger partial charge on any atom is -0.493 e. The zero-order valence-electron chi connectivity index (χ0n) is 12.8. The fourth-order valence-electron chi connectivity index (χ4n) is 2.26. The molecule has 0 radical (unpaired) electrons. The number of halogens is 1. The van der Waals surface area contributed by atoms with E-state index in [1.54, 1.807) is 14.2 Å². The van der Waals surface area contributed by atoms with Gasteiger partial charge in [-0.05, 0) is 37.7 Å². The Kier molecular flexibility index (Phi) is 7.13. The van der Waals surface area contributed by atoms with Gasteiger partial charge in [-0.2, -0.15) is 0 Å². The predicted molar refractivity (Wildman–Crippen MR) is 83.9 cm³/mol. The Morgan fingerprint density at radius 2 is 2.00 bits per heavy atom. The summed E-state index contributed by atoms with van der Waals surface area (Å²) < 4.78 is 10.6. The molecule has 1 aromatic rings. The van der Waals surface area contributed by atoms with E-state index in [1.165, 1.54) is 0 Å². The fraction of sp³-hybridized carbons (Fsp3) is 0.600. The number of hydrogen-bond donors (Lipinski definition) is 1. The van der Waals surface area contributed by atoms with Crippen LogP contribution in [0.3, 0.4) is 0 Å². The Morgan fingerprint density at radius 3 is 2.50 bits per heavy atom. The van der Waals surface area contributed by atoms with E-state index < -0.39 is 0 Å². The molecule has 0 saturated heterocycles. The first kappa shape index (κ1) is 17.1. The Bertz CT molecular complexity index is 427. The molecule has 0 saturated carbocycles. The molecule has 0 aliphatic heterocycles. The second-order valence-electron chi connectivity index (χ2n) is 4.82. The van der Waals surface area contributed by atoms with E-state index in [0.29, 0.717) is 23.1 Å². The molecular formula is C15H25ClN2O2. The summed E-state index contributed by atoms with van der Waals surface area (Å²) in [6, 6.07) is 3.98. The molecular weight excluding hydrogens is 276 g/mol. The van der Waals surface area contributed by atoms with Crippen LogP contribution in [0.2, 0.25) is 5.02 Å². The molecule has 2 N–H and O–H groups in total. The van der Waals surface area contributed by atoms with Crippen molar-refractivity contribution in [3.63, 3.8) is 0 Å². The number of rotatable bonds is 8. The summed E-state index contributed by atoms with van der Waals surface area (Å²) in [5.41, 5.74) is 6.98. The lowest BCUT2D eigenvalue weighted by Gasteiger charge is -2.28. The molecule has 0 bridgehead atoms. The number of nitrogens with zero attached hydrogens (tertiary/aromatic N) is 1. The van der Waals surface area contributed by atoms with Gasteiger partial charge in [-0.15, -0.1) is 0 Å². The van der Waals surface area contributed by atoms with Crippen LogP contribution in [0, 0.1) is 0 Å². The van der Waals surface area contributed by atoms with Gasteiger partial charge >= 0.3 is 0 Å². The molecule has 0 aromatic heterocycles. The van der Waals surface area contributed by atoms with E-state index in [2.05, 4.69) is 18.9 Å². The van der Waals surface area contributed by atoms with Crippen LogP contribution >= 0.6 is 11.6 Å². The Balaban J connectivity index is 3.06. The summed E-state index contributed by atoms with van der Waals surface area (Å²) >= 11 is 6.26. The lowest BCUT2D eigenvalue weighted by atomic mass is 10.0. The van der Waals surface area contributed by atoms with Crippen LogP contribution in [0.4, 0.5) is 0 Å². The van der Waals surface area contributed by atoms with Gasteiger partial charge in [0, 0.05) is 12.6 Å². The highest BCUT2D eigenvalue weighted by Gasteiger charge is 2.19. The molecule has 20 heavy (non-hydrogen) atoms. The van der Waals surface area contributed by atoms with E-state index in [1.807, 2.05) is 12.1 Å². The SMILES string of the molecule is CCCCN(C)C(CN)c1cc(Cl)c(OC)c(OC)c1. The fourth-order valence-corrected chi connectivity index (χ4v) is 2.56. The lowest BCUT2D eigenvalue weighted by Crippen LogP contribution is -2.31. The van der Waals surface area contributed by atoms with Crippen LogP contribution in [-0.4, -0.2) is 39.3 Å². The third-order valence-corrected chi connectivity index (χ3v) is 3.74. The Hall–Kier alpha value is -0.970. The molecule has 0 spiro atoms. The predicted octanol–water partition coefficient (Wildman–Crippen LogP) is 3.09. The highest BCUT2D eigenvalue weighted by atomic mass is 35.5. The van der Waals surface area contributed by atoms with E-state index in [9.17, 15) is 0 Å². The molecule has 0 aliphatic rings. The topological polar surface area (TPSA) is 47.7 Å². The summed E-state index contributed by atoms with van der Waals surface area (Å²) in [5.74, 6) is 1.20. The van der Waals surface area contributed by atoms with Gasteiger partial charge in [-0.1, -0.05) is 24.9 Å². The molecule has 114 valence electrons. The first-order valence-electron chi connectivity index (χ1n) is 6.90. The first-order valence-corrected chi connectivity index (χ1v) is 7.28. The van der Waals surface area contributed by atoms with Gasteiger partial charge in [0.15, 0.2) is 11.5 Å². The van der Waals surface area contributed by atoms with Crippen LogP contribution in [0.15, 0.2) is 12.1 Å². The number of ether oxygens (including phenoxy) is 2. The van der Waals surface area contributed by atoms with Gasteiger partial charge < -0.3 is 15.2 Å². The van der Waals surface area contributed by atoms with E-state index >= 15 is 0 Å². The summed E-state index contributed by atoms with van der Waals surface area (Å²) in [7, 11) is 5.27. The number of benzene rings is 1. The molecule has 0 amide bonds. The van der Waals surface area contributed by atoms with Crippen LogP contribution in [0.5, 0.6) is 11.5 Å². The average Bonchev–Trinajstić information content (AvgIpc) is 2.45. The third kappa shape index (κ3) is 4.01. The highest BCUT2D eigenvalue weighted by Crippen LogP contribution is 2.38. The van der Waals surface area contributed by atoms with Crippen molar-refractivity contribution in [2.45, 2.75) is 25.8 Å². The van der Waals surface area contributed by atoms with Gasteiger partial charge in [-0.25, -0.2) is 0 Å². The normalized spacial score (nSPS) is 12.6. The van der Waals surface area contributed by atoms with Crippen LogP contribution in [0.25, 0.3) is 0 Å². The van der Waals surface area contributed by atoms with Crippen molar-refractivity contribution in [2.75, 3.05) is 34.4 Å². The molecule has 1 rings (SSSR count). The van der Waals surface area contributed by atoms with Gasteiger partial charge in [0.05, 0.1) is 19.2 Å². The van der Waals surface area contributed by atoms with Crippen LogP contribution < -0.4 is 15.2 Å². The van der Waals surface area contributed by atoms with E-state index in [0.717, 1.165) is 24.9 Å². The van der Waals surface area contributed by atoms with Gasteiger partial charge in [0.25, 0.3) is 0 Å². The Morgan fingerprint density at radius 1 is 1.30 bits per heavy atom. The highest BCUT2D eigenvalue weighted by molar-refractivity contribution is 6.32. The largest absolute Gasteiger partial charge is 0.493 e. The second-order valence-corrected chi connectivity index (χ2v) is 5.23. The number of nitrogens with two attached hydrogens (primary N) is 1. The summed E-state index contributed by atoms with van der Waals surface area (Å²) in [6.45, 7) is 3.72. The Labute approximate surface area is 126 Å². The zero-order valence-corrected chi connectivity index (χ0v) is 13.5. The van der Waals surface area contributed by atoms with Crippen molar-refractivity contribution >= 4 is 11.6 Å². The maximum atomic E-state index is 6.26. The molecule has 0 fully saturated rings. The summed E-state index contributed by atoms with van der Waals surface area (Å²) in [6.07, 6.45) is 2.31. The molecule has 0 heterocycles. The van der Waals surface area contributed by atoms with Gasteiger partial charge in [0.2, 0.25) is 0 Å². The molecule has 4 nitrogen and oxygen atoms in total. The van der Waals surface area contributed by atoms with E-state index in [-0.39, 0.29) is 6.04 Å². The van der Waals surface area contributed by atoms with Crippen molar-refractivity contribution in [3.05, 3.63) is 22.7 Å². The lowest BCUT2D eigenvalue weighted by molar-refractivity contribution is 0.245. The smallest absolute Gasteiger partial charge is 0.179 e. The van der Waals surface area contributed by atoms with Crippen molar-refractivity contribution in [2.24, 2.45) is 5.73 Å². The molecule has 5 heteroatoms. The van der Waals surface area contributed by atoms with Crippen molar-refractivity contribution < 1.29 is 9.47 Å². The van der Waals surface area contributed by atoms with Gasteiger partial charge in [-0.3, -0.25) is 4.90 Å². The minimum absolute atomic E-state index is 0.124. The van der Waals surface area contributed by atoms with E-state index in [4.69, 9.17) is 26.8 Å². The molecule has 1 atom stereocenters. The standard InChI is InChI=1S/C15H25ClN2O2/c1-5-6-7-18(2)13(10-17)11-8-12(16)15(20-4)14(9-11)19-3/h8-9,13H,5-7,10,17H2,1-4H3. The monoisotopic (exact) mass is 300 g/mol. The zero-order chi connectivity index (χ0) is 15.1. The maximum Gasteiger partial charge on any atom is 0.179 e. The van der Waals surface area contributed by atoms with Crippen molar-refractivity contribution in [1.29, 1.82) is 0 Å². The van der Waals surface area contributed by atoms with Crippen LogP contribution in [0.1, 0.15) is 31.4 Å².